The topological polar surface area (TPSA) is 49.7 Å². The lowest BCUT2D eigenvalue weighted by Crippen LogP contribution is -2.19. The highest BCUT2D eigenvalue weighted by molar-refractivity contribution is 5.70. The summed E-state index contributed by atoms with van der Waals surface area (Å²) in [7, 11) is 0. The number of aromatic nitrogens is 4. The Morgan fingerprint density at radius 3 is 3.05 bits per heavy atom. The number of anilines is 1. The van der Waals surface area contributed by atoms with Crippen LogP contribution in [0.25, 0.3) is 11.3 Å². The molecule has 0 atom stereocenters. The third-order valence-corrected chi connectivity index (χ3v) is 4.30. The van der Waals surface area contributed by atoms with Crippen LogP contribution in [0.3, 0.4) is 0 Å². The lowest BCUT2D eigenvalue weighted by Gasteiger charge is -2.19. The third-order valence-electron chi connectivity index (χ3n) is 4.30. The molecule has 1 aromatic carbocycles. The number of fused-ring (bicyclic) bond motifs is 1. The molecule has 3 heterocycles. The van der Waals surface area contributed by atoms with Crippen molar-refractivity contribution in [3.63, 3.8) is 0 Å². The van der Waals surface area contributed by atoms with Gasteiger partial charge in [-0.05, 0) is 31.0 Å². The standard InChI is InChI=1S/C17H19N5/c1-2-22-16(5-7-20-22)14-4-3-13-6-8-21(17(13)9-14)11-15-10-18-12-19-15/h3-5,7,9-10,12H,2,6,8,11H2,1H3,(H,18,19). The summed E-state index contributed by atoms with van der Waals surface area (Å²) in [6.45, 7) is 4.91. The molecule has 112 valence electrons. The van der Waals surface area contributed by atoms with E-state index in [1.807, 2.05) is 17.1 Å². The van der Waals surface area contributed by atoms with E-state index in [9.17, 15) is 0 Å². The second-order valence-corrected chi connectivity index (χ2v) is 5.61. The van der Waals surface area contributed by atoms with E-state index in [2.05, 4.69) is 51.2 Å². The van der Waals surface area contributed by atoms with E-state index in [1.165, 1.54) is 22.5 Å². The molecule has 0 saturated heterocycles. The number of rotatable bonds is 4. The van der Waals surface area contributed by atoms with Gasteiger partial charge in [-0.3, -0.25) is 4.68 Å². The van der Waals surface area contributed by atoms with Crippen LogP contribution in [0.4, 0.5) is 5.69 Å². The van der Waals surface area contributed by atoms with Gasteiger partial charge in [-0.15, -0.1) is 0 Å². The van der Waals surface area contributed by atoms with Crippen LogP contribution in [0.1, 0.15) is 18.2 Å². The minimum Gasteiger partial charge on any atom is -0.365 e. The molecule has 0 radical (unpaired) electrons. The summed E-state index contributed by atoms with van der Waals surface area (Å²) < 4.78 is 2.04. The first-order chi connectivity index (χ1) is 10.8. The van der Waals surface area contributed by atoms with Gasteiger partial charge < -0.3 is 9.88 Å². The van der Waals surface area contributed by atoms with Crippen molar-refractivity contribution >= 4 is 5.69 Å². The number of H-pyrrole nitrogens is 1. The average molecular weight is 293 g/mol. The van der Waals surface area contributed by atoms with Gasteiger partial charge in [0.1, 0.15) is 0 Å². The number of benzene rings is 1. The molecule has 22 heavy (non-hydrogen) atoms. The Bertz CT molecular complexity index is 772. The fourth-order valence-corrected chi connectivity index (χ4v) is 3.17. The fraction of sp³-hybridized carbons (Fsp3) is 0.294. The highest BCUT2D eigenvalue weighted by Gasteiger charge is 2.20. The molecule has 2 aromatic heterocycles. The number of nitrogens with one attached hydrogen (secondary N) is 1. The van der Waals surface area contributed by atoms with E-state index in [0.29, 0.717) is 0 Å². The molecule has 1 aliphatic rings. The van der Waals surface area contributed by atoms with Gasteiger partial charge in [0.25, 0.3) is 0 Å². The Balaban J connectivity index is 1.68. The molecule has 3 aromatic rings. The van der Waals surface area contributed by atoms with E-state index in [4.69, 9.17) is 0 Å². The molecule has 0 spiro atoms. The Hall–Kier alpha value is -2.56. The first kappa shape index (κ1) is 13.1. The van der Waals surface area contributed by atoms with Gasteiger partial charge in [0, 0.05) is 36.7 Å². The highest BCUT2D eigenvalue weighted by Crippen LogP contribution is 2.33. The van der Waals surface area contributed by atoms with Crippen LogP contribution in [0.2, 0.25) is 0 Å². The van der Waals surface area contributed by atoms with Crippen LogP contribution >= 0.6 is 0 Å². The number of nitrogens with zero attached hydrogens (tertiary/aromatic N) is 4. The van der Waals surface area contributed by atoms with Crippen LogP contribution in [-0.4, -0.2) is 26.3 Å². The number of hydrogen-bond donors (Lipinski definition) is 1. The molecule has 0 unspecified atom stereocenters. The second-order valence-electron chi connectivity index (χ2n) is 5.61. The maximum absolute atomic E-state index is 4.37. The van der Waals surface area contributed by atoms with Crippen molar-refractivity contribution in [2.75, 3.05) is 11.4 Å². The first-order valence-corrected chi connectivity index (χ1v) is 7.73. The molecule has 5 heteroatoms. The molecule has 0 aliphatic carbocycles. The first-order valence-electron chi connectivity index (χ1n) is 7.73. The maximum atomic E-state index is 4.37. The average Bonchev–Trinajstić information content (AvgIpc) is 3.28. The molecular formula is C17H19N5. The zero-order chi connectivity index (χ0) is 14.9. The summed E-state index contributed by atoms with van der Waals surface area (Å²) in [5.41, 5.74) is 6.23. The maximum Gasteiger partial charge on any atom is 0.0923 e. The molecule has 0 saturated carbocycles. The van der Waals surface area contributed by atoms with Crippen molar-refractivity contribution in [2.45, 2.75) is 26.4 Å². The minimum atomic E-state index is 0.854. The molecule has 1 aliphatic heterocycles. The monoisotopic (exact) mass is 293 g/mol. The number of hydrogen-bond acceptors (Lipinski definition) is 3. The minimum absolute atomic E-state index is 0.854. The van der Waals surface area contributed by atoms with Crippen molar-refractivity contribution in [3.05, 3.63) is 54.2 Å². The number of aromatic amines is 1. The Kier molecular flexibility index (Phi) is 3.18. The van der Waals surface area contributed by atoms with E-state index in [1.54, 1.807) is 6.33 Å². The SMILES string of the molecule is CCn1nccc1-c1ccc2c(c1)N(Cc1c[nH]cn1)CC2. The van der Waals surface area contributed by atoms with Crippen molar-refractivity contribution in [1.29, 1.82) is 0 Å². The van der Waals surface area contributed by atoms with Gasteiger partial charge in [0.15, 0.2) is 0 Å². The smallest absolute Gasteiger partial charge is 0.0923 e. The van der Waals surface area contributed by atoms with Crippen LogP contribution in [0.5, 0.6) is 0 Å². The Morgan fingerprint density at radius 1 is 1.27 bits per heavy atom. The molecule has 1 N–H and O–H groups in total. The zero-order valence-corrected chi connectivity index (χ0v) is 12.7. The van der Waals surface area contributed by atoms with Crippen molar-refractivity contribution in [3.8, 4) is 11.3 Å². The summed E-state index contributed by atoms with van der Waals surface area (Å²) in [5.74, 6) is 0. The van der Waals surface area contributed by atoms with Crippen molar-refractivity contribution in [1.82, 2.24) is 19.7 Å². The Labute approximate surface area is 129 Å². The highest BCUT2D eigenvalue weighted by atomic mass is 15.3. The number of aryl methyl sites for hydroxylation is 1. The van der Waals surface area contributed by atoms with Gasteiger partial charge in [-0.2, -0.15) is 5.10 Å². The second kappa shape index (κ2) is 5.33. The van der Waals surface area contributed by atoms with Crippen LogP contribution in [0.15, 0.2) is 43.0 Å². The molecule has 0 bridgehead atoms. The molecule has 0 fully saturated rings. The van der Waals surface area contributed by atoms with Crippen molar-refractivity contribution < 1.29 is 0 Å². The molecule has 0 amide bonds. The zero-order valence-electron chi connectivity index (χ0n) is 12.7. The molecular weight excluding hydrogens is 274 g/mol. The normalized spacial score (nSPS) is 13.6. The van der Waals surface area contributed by atoms with Crippen LogP contribution < -0.4 is 4.90 Å². The van der Waals surface area contributed by atoms with E-state index < -0.39 is 0 Å². The van der Waals surface area contributed by atoms with Crippen molar-refractivity contribution in [2.24, 2.45) is 0 Å². The predicted octanol–water partition coefficient (Wildman–Crippen LogP) is 2.86. The molecule has 5 nitrogen and oxygen atoms in total. The van der Waals surface area contributed by atoms with Gasteiger partial charge in [-0.1, -0.05) is 12.1 Å². The fourth-order valence-electron chi connectivity index (χ4n) is 3.17. The van der Waals surface area contributed by atoms with Gasteiger partial charge in [0.2, 0.25) is 0 Å². The van der Waals surface area contributed by atoms with Gasteiger partial charge >= 0.3 is 0 Å². The largest absolute Gasteiger partial charge is 0.365 e. The summed E-state index contributed by atoms with van der Waals surface area (Å²) in [4.78, 5) is 9.77. The summed E-state index contributed by atoms with van der Waals surface area (Å²) in [5, 5.41) is 4.37. The van der Waals surface area contributed by atoms with E-state index in [-0.39, 0.29) is 0 Å². The number of imidazole rings is 1. The van der Waals surface area contributed by atoms with E-state index >= 15 is 0 Å². The summed E-state index contributed by atoms with van der Waals surface area (Å²) in [6.07, 6.45) is 6.68. The van der Waals surface area contributed by atoms with E-state index in [0.717, 1.165) is 31.7 Å². The quantitative estimate of drug-likeness (QED) is 0.804. The predicted molar refractivity (Wildman–Crippen MR) is 86.7 cm³/mol. The van der Waals surface area contributed by atoms with Gasteiger partial charge in [0.05, 0.1) is 24.3 Å². The lowest BCUT2D eigenvalue weighted by atomic mass is 10.1. The molecule has 4 rings (SSSR count). The third kappa shape index (κ3) is 2.19. The van der Waals surface area contributed by atoms with Gasteiger partial charge in [-0.25, -0.2) is 4.98 Å². The van der Waals surface area contributed by atoms with Crippen LogP contribution in [0, 0.1) is 0 Å². The Morgan fingerprint density at radius 2 is 2.23 bits per heavy atom. The summed E-state index contributed by atoms with van der Waals surface area (Å²) in [6, 6.07) is 8.83. The lowest BCUT2D eigenvalue weighted by molar-refractivity contribution is 0.667. The summed E-state index contributed by atoms with van der Waals surface area (Å²) >= 11 is 0. The van der Waals surface area contributed by atoms with Crippen LogP contribution in [-0.2, 0) is 19.5 Å².